The average Bonchev–Trinajstić information content (AvgIpc) is 3.81. The molecule has 2 aromatic carbocycles. The topological polar surface area (TPSA) is 114 Å². The number of benzene rings is 2. The number of aliphatic hydroxyl groups excluding tert-OH is 1. The molecule has 2 fully saturated rings. The third kappa shape index (κ3) is 6.17. The fourth-order valence-electron chi connectivity index (χ4n) is 7.26. The van der Waals surface area contributed by atoms with E-state index in [-0.39, 0.29) is 30.4 Å². The number of nitrogens with zero attached hydrogens (tertiary/aromatic N) is 2. The van der Waals surface area contributed by atoms with E-state index in [4.69, 9.17) is 13.9 Å². The molecule has 2 aliphatic heterocycles. The summed E-state index contributed by atoms with van der Waals surface area (Å²) in [5.41, 5.74) is 6.35. The maximum Gasteiger partial charge on any atom is 0.238 e. The van der Waals surface area contributed by atoms with Crippen molar-refractivity contribution in [1.29, 1.82) is 0 Å². The van der Waals surface area contributed by atoms with Gasteiger partial charge in [0.25, 0.3) is 0 Å². The molecule has 47 heavy (non-hydrogen) atoms. The number of pyridine rings is 1. The standard InChI is InChI=1S/C38H37N3O6/c1-45-22-25-20-31-36(38(44)41(37(31)43)28-13-11-27(12-14-28)40-26-7-3-2-4-8-26)32-23-46-34(35(25)32)17-10-24(33-9-5-6-18-39-33)19-29-15-16-30(21-42)47-29/h2-9,11-16,18-19,31-32,34,36,40,42H,10,17,20-23H2,1H3/b24-19-/t31-,32+,34-,36-/m1/s1. The summed E-state index contributed by atoms with van der Waals surface area (Å²) in [7, 11) is 1.66. The second-order valence-corrected chi connectivity index (χ2v) is 12.2. The Morgan fingerprint density at radius 1 is 0.979 bits per heavy atom. The molecule has 0 spiro atoms. The summed E-state index contributed by atoms with van der Waals surface area (Å²) in [5.74, 6) is -0.318. The number of rotatable bonds is 11. The van der Waals surface area contributed by atoms with Gasteiger partial charge in [0.2, 0.25) is 11.8 Å². The normalized spacial score (nSPS) is 22.5. The predicted octanol–water partition coefficient (Wildman–Crippen LogP) is 6.40. The first-order chi connectivity index (χ1) is 23.0. The van der Waals surface area contributed by atoms with Crippen LogP contribution >= 0.6 is 0 Å². The minimum absolute atomic E-state index is 0.166. The van der Waals surface area contributed by atoms with Gasteiger partial charge in [0.05, 0.1) is 42.5 Å². The number of ether oxygens (including phenoxy) is 2. The van der Waals surface area contributed by atoms with E-state index in [1.54, 1.807) is 19.4 Å². The lowest BCUT2D eigenvalue weighted by atomic mass is 9.69. The Balaban J connectivity index is 1.11. The SMILES string of the molecule is COCC1=C2[C@@H](CC/C(=C/c3ccc(CO)o3)c3ccccn3)OC[C@@H]2[C@@H]2C(=O)N(c3ccc(Nc4ccccc4)cc3)C(=O)[C@@H]2C1. The molecule has 9 heteroatoms. The van der Waals surface area contributed by atoms with Crippen molar-refractivity contribution in [2.24, 2.45) is 17.8 Å². The van der Waals surface area contributed by atoms with Gasteiger partial charge in [0, 0.05) is 30.6 Å². The number of aliphatic hydroxyl groups is 1. The first-order valence-corrected chi connectivity index (χ1v) is 16.0. The van der Waals surface area contributed by atoms with E-state index < -0.39 is 11.8 Å². The smallest absolute Gasteiger partial charge is 0.238 e. The molecule has 3 aliphatic rings. The molecule has 2 aromatic heterocycles. The number of carbonyl (C=O) groups is 2. The molecule has 2 saturated heterocycles. The van der Waals surface area contributed by atoms with E-state index >= 15 is 0 Å². The predicted molar refractivity (Wildman–Crippen MR) is 178 cm³/mol. The van der Waals surface area contributed by atoms with E-state index in [1.165, 1.54) is 4.90 Å². The summed E-state index contributed by atoms with van der Waals surface area (Å²) in [4.78, 5) is 33.9. The molecule has 0 radical (unpaired) electrons. The van der Waals surface area contributed by atoms with E-state index in [1.807, 2.05) is 84.9 Å². The third-order valence-electron chi connectivity index (χ3n) is 9.34. The number of imide groups is 1. The number of furan rings is 1. The minimum atomic E-state index is -0.476. The Bertz CT molecular complexity index is 1800. The number of hydrogen-bond acceptors (Lipinski definition) is 8. The van der Waals surface area contributed by atoms with E-state index in [0.29, 0.717) is 49.7 Å². The number of carbonyl (C=O) groups excluding carboxylic acids is 2. The Hall–Kier alpha value is -4.83. The number of aromatic nitrogens is 1. The average molecular weight is 632 g/mol. The molecule has 240 valence electrons. The van der Waals surface area contributed by atoms with Crippen molar-refractivity contribution >= 4 is 40.5 Å². The van der Waals surface area contributed by atoms with Crippen LogP contribution in [0.3, 0.4) is 0 Å². The Kier molecular flexibility index (Phi) is 8.84. The van der Waals surface area contributed by atoms with Gasteiger partial charge in [0.15, 0.2) is 0 Å². The first-order valence-electron chi connectivity index (χ1n) is 16.0. The zero-order chi connectivity index (χ0) is 32.3. The summed E-state index contributed by atoms with van der Waals surface area (Å²) in [5, 5.41) is 12.8. The van der Waals surface area contributed by atoms with Gasteiger partial charge in [0.1, 0.15) is 18.1 Å². The van der Waals surface area contributed by atoms with Crippen LogP contribution in [-0.4, -0.2) is 48.3 Å². The highest BCUT2D eigenvalue weighted by Gasteiger charge is 2.57. The maximum absolute atomic E-state index is 14.1. The molecule has 2 amide bonds. The van der Waals surface area contributed by atoms with Crippen LogP contribution in [0.5, 0.6) is 0 Å². The Morgan fingerprint density at radius 3 is 2.49 bits per heavy atom. The highest BCUT2D eigenvalue weighted by Crippen LogP contribution is 2.50. The van der Waals surface area contributed by atoms with Crippen molar-refractivity contribution in [3.63, 3.8) is 0 Å². The van der Waals surface area contributed by atoms with E-state index in [9.17, 15) is 14.7 Å². The molecule has 4 aromatic rings. The largest absolute Gasteiger partial charge is 0.459 e. The minimum Gasteiger partial charge on any atom is -0.459 e. The summed E-state index contributed by atoms with van der Waals surface area (Å²) in [6, 6.07) is 26.6. The number of allylic oxidation sites excluding steroid dienone is 1. The number of amides is 2. The molecule has 2 N–H and O–H groups in total. The Morgan fingerprint density at radius 2 is 1.77 bits per heavy atom. The lowest BCUT2D eigenvalue weighted by Crippen LogP contribution is -2.35. The molecule has 7 rings (SSSR count). The van der Waals surface area contributed by atoms with E-state index in [0.717, 1.165) is 33.8 Å². The number of hydrogen-bond donors (Lipinski definition) is 2. The molecule has 9 nitrogen and oxygen atoms in total. The summed E-state index contributed by atoms with van der Waals surface area (Å²) < 4.78 is 17.8. The van der Waals surface area contributed by atoms with Crippen LogP contribution in [0, 0.1) is 17.8 Å². The lowest BCUT2D eigenvalue weighted by molar-refractivity contribution is -0.122. The number of fused-ring (bicyclic) bond motifs is 3. The van der Waals surface area contributed by atoms with Gasteiger partial charge in [-0.15, -0.1) is 0 Å². The van der Waals surface area contributed by atoms with Gasteiger partial charge in [-0.3, -0.25) is 19.5 Å². The second-order valence-electron chi connectivity index (χ2n) is 12.2. The van der Waals surface area contributed by atoms with Gasteiger partial charge in [-0.1, -0.05) is 24.3 Å². The van der Waals surface area contributed by atoms with Gasteiger partial charge < -0.3 is 24.3 Å². The highest BCUT2D eigenvalue weighted by molar-refractivity contribution is 6.22. The quantitative estimate of drug-likeness (QED) is 0.144. The van der Waals surface area contributed by atoms with Crippen LogP contribution in [0.25, 0.3) is 11.6 Å². The number of anilines is 3. The summed E-state index contributed by atoms with van der Waals surface area (Å²) in [6.07, 6.45) is 5.26. The van der Waals surface area contributed by atoms with Crippen LogP contribution in [-0.2, 0) is 25.7 Å². The van der Waals surface area contributed by atoms with E-state index in [2.05, 4.69) is 10.3 Å². The van der Waals surface area contributed by atoms with Gasteiger partial charge in [-0.05, 0) is 103 Å². The van der Waals surface area contributed by atoms with Crippen LogP contribution < -0.4 is 10.2 Å². The van der Waals surface area contributed by atoms with Crippen molar-refractivity contribution in [3.8, 4) is 0 Å². The maximum atomic E-state index is 14.1. The summed E-state index contributed by atoms with van der Waals surface area (Å²) in [6.45, 7) is 0.593. The third-order valence-corrected chi connectivity index (χ3v) is 9.34. The number of methoxy groups -OCH3 is 1. The molecular weight excluding hydrogens is 594 g/mol. The molecule has 0 unspecified atom stereocenters. The summed E-state index contributed by atoms with van der Waals surface area (Å²) >= 11 is 0. The van der Waals surface area contributed by atoms with Crippen molar-refractivity contribution < 1.29 is 28.6 Å². The fourth-order valence-corrected chi connectivity index (χ4v) is 7.26. The highest BCUT2D eigenvalue weighted by atomic mass is 16.5. The first kappa shape index (κ1) is 30.8. The fraction of sp³-hybridized carbons (Fsp3) is 0.289. The van der Waals surface area contributed by atoms with Crippen molar-refractivity contribution in [1.82, 2.24) is 4.98 Å². The molecule has 0 bridgehead atoms. The van der Waals surface area contributed by atoms with Gasteiger partial charge >= 0.3 is 0 Å². The molecular formula is C38H37N3O6. The van der Waals surface area contributed by atoms with Gasteiger partial charge in [-0.2, -0.15) is 0 Å². The molecule has 4 heterocycles. The van der Waals surface area contributed by atoms with Crippen LogP contribution in [0.15, 0.2) is 107 Å². The van der Waals surface area contributed by atoms with Crippen molar-refractivity contribution in [2.45, 2.75) is 32.0 Å². The zero-order valence-electron chi connectivity index (χ0n) is 26.2. The second kappa shape index (κ2) is 13.5. The molecule has 1 aliphatic carbocycles. The van der Waals surface area contributed by atoms with Crippen LogP contribution in [0.4, 0.5) is 17.1 Å². The van der Waals surface area contributed by atoms with Crippen molar-refractivity contribution in [3.05, 3.63) is 119 Å². The van der Waals surface area contributed by atoms with Crippen LogP contribution in [0.1, 0.15) is 36.5 Å². The molecule has 0 saturated carbocycles. The van der Waals surface area contributed by atoms with Crippen LogP contribution in [0.2, 0.25) is 0 Å². The number of nitrogens with one attached hydrogen (secondary N) is 1. The zero-order valence-corrected chi connectivity index (χ0v) is 26.2. The number of para-hydroxylation sites is 1. The monoisotopic (exact) mass is 631 g/mol. The Labute approximate surface area is 273 Å². The molecule has 4 atom stereocenters. The lowest BCUT2D eigenvalue weighted by Gasteiger charge is -2.31. The van der Waals surface area contributed by atoms with Gasteiger partial charge in [-0.25, -0.2) is 0 Å². The van der Waals surface area contributed by atoms with Crippen molar-refractivity contribution in [2.75, 3.05) is 30.5 Å².